The Kier molecular flexibility index (Phi) is 5.09. The topological polar surface area (TPSA) is 60.2 Å². The Labute approximate surface area is 163 Å². The SMILES string of the molecule is C[C@H]1[C@@H](C2C=CC=CC2)OCCN1c1nc(-c2ccncc2F)cc(=O)n1C. The van der Waals surface area contributed by atoms with Gasteiger partial charge in [0.1, 0.15) is 0 Å². The van der Waals surface area contributed by atoms with Gasteiger partial charge in [0.05, 0.1) is 30.6 Å². The molecule has 0 aromatic carbocycles. The quantitative estimate of drug-likeness (QED) is 0.817. The normalized spacial score (nSPS) is 24.5. The Balaban J connectivity index is 1.71. The third-order valence-corrected chi connectivity index (χ3v) is 5.46. The summed E-state index contributed by atoms with van der Waals surface area (Å²) in [5.74, 6) is 0.303. The molecule has 2 aromatic heterocycles. The van der Waals surface area contributed by atoms with Crippen molar-refractivity contribution in [3.8, 4) is 11.3 Å². The first-order valence-corrected chi connectivity index (χ1v) is 9.46. The predicted octanol–water partition coefficient (Wildman–Crippen LogP) is 2.71. The van der Waals surface area contributed by atoms with Crippen molar-refractivity contribution in [1.29, 1.82) is 0 Å². The van der Waals surface area contributed by atoms with Gasteiger partial charge in [-0.05, 0) is 19.4 Å². The molecule has 0 N–H and O–H groups in total. The van der Waals surface area contributed by atoms with E-state index in [1.54, 1.807) is 7.05 Å². The van der Waals surface area contributed by atoms with E-state index in [-0.39, 0.29) is 29.2 Å². The molecule has 28 heavy (non-hydrogen) atoms. The highest BCUT2D eigenvalue weighted by Crippen LogP contribution is 2.29. The number of hydrogen-bond donors (Lipinski definition) is 0. The van der Waals surface area contributed by atoms with Crippen molar-refractivity contribution < 1.29 is 9.13 Å². The zero-order valence-corrected chi connectivity index (χ0v) is 16.0. The maximum Gasteiger partial charge on any atom is 0.255 e. The van der Waals surface area contributed by atoms with Crippen molar-refractivity contribution >= 4 is 5.95 Å². The molecule has 1 saturated heterocycles. The minimum absolute atomic E-state index is 0.00632. The lowest BCUT2D eigenvalue weighted by atomic mass is 9.89. The molecule has 2 aliphatic rings. The molecule has 1 unspecified atom stereocenters. The summed E-state index contributed by atoms with van der Waals surface area (Å²) in [5, 5.41) is 0. The molecular formula is C21H23FN4O2. The molecule has 0 amide bonds. The van der Waals surface area contributed by atoms with E-state index >= 15 is 0 Å². The highest BCUT2D eigenvalue weighted by molar-refractivity contribution is 5.60. The number of morpholine rings is 1. The summed E-state index contributed by atoms with van der Waals surface area (Å²) >= 11 is 0. The van der Waals surface area contributed by atoms with Gasteiger partial charge in [-0.3, -0.25) is 14.3 Å². The molecule has 0 bridgehead atoms. The molecule has 3 heterocycles. The third kappa shape index (κ3) is 3.38. The van der Waals surface area contributed by atoms with Crippen molar-refractivity contribution in [1.82, 2.24) is 14.5 Å². The van der Waals surface area contributed by atoms with Crippen LogP contribution in [0.4, 0.5) is 10.3 Å². The maximum absolute atomic E-state index is 14.2. The third-order valence-electron chi connectivity index (χ3n) is 5.46. The van der Waals surface area contributed by atoms with E-state index in [1.807, 2.05) is 12.2 Å². The van der Waals surface area contributed by atoms with Crippen molar-refractivity contribution in [2.24, 2.45) is 13.0 Å². The van der Waals surface area contributed by atoms with Gasteiger partial charge in [0.15, 0.2) is 5.82 Å². The number of pyridine rings is 1. The molecular weight excluding hydrogens is 359 g/mol. The fraction of sp³-hybridized carbons (Fsp3) is 0.381. The summed E-state index contributed by atoms with van der Waals surface area (Å²) in [6.07, 6.45) is 11.9. The second kappa shape index (κ2) is 7.67. The Hall–Kier alpha value is -2.80. The number of aromatic nitrogens is 3. The molecule has 1 fully saturated rings. The molecule has 6 nitrogen and oxygen atoms in total. The first-order valence-electron chi connectivity index (χ1n) is 9.46. The number of allylic oxidation sites excluding steroid dienone is 3. The van der Waals surface area contributed by atoms with E-state index in [4.69, 9.17) is 4.74 Å². The number of anilines is 1. The van der Waals surface area contributed by atoms with Crippen LogP contribution in [0.5, 0.6) is 0 Å². The highest BCUT2D eigenvalue weighted by atomic mass is 19.1. The largest absolute Gasteiger partial charge is 0.374 e. The first-order chi connectivity index (χ1) is 13.6. The van der Waals surface area contributed by atoms with Gasteiger partial charge in [-0.15, -0.1) is 0 Å². The smallest absolute Gasteiger partial charge is 0.255 e. The Morgan fingerprint density at radius 2 is 2.18 bits per heavy atom. The Bertz CT molecular complexity index is 985. The summed E-state index contributed by atoms with van der Waals surface area (Å²) in [7, 11) is 1.69. The minimum atomic E-state index is -0.499. The van der Waals surface area contributed by atoms with Gasteiger partial charge in [0.25, 0.3) is 5.56 Å². The van der Waals surface area contributed by atoms with Crippen LogP contribution in [0.25, 0.3) is 11.3 Å². The van der Waals surface area contributed by atoms with Crippen molar-refractivity contribution in [3.63, 3.8) is 0 Å². The minimum Gasteiger partial charge on any atom is -0.374 e. The Morgan fingerprint density at radius 1 is 1.32 bits per heavy atom. The van der Waals surface area contributed by atoms with Gasteiger partial charge in [-0.2, -0.15) is 0 Å². The van der Waals surface area contributed by atoms with Crippen LogP contribution < -0.4 is 10.5 Å². The standard InChI is InChI=1S/C21H23FN4O2/c1-14-20(15-6-4-3-5-7-15)28-11-10-26(14)21-24-18(12-19(27)25(21)2)16-8-9-23-13-17(16)22/h3-6,8-9,12-15,20H,7,10-11H2,1-2H3/t14-,15?,20-/m0/s1. The molecule has 3 atom stereocenters. The van der Waals surface area contributed by atoms with Crippen LogP contribution in [0.2, 0.25) is 0 Å². The van der Waals surface area contributed by atoms with Gasteiger partial charge in [0.2, 0.25) is 5.95 Å². The average Bonchev–Trinajstić information content (AvgIpc) is 2.71. The van der Waals surface area contributed by atoms with Gasteiger partial charge in [-0.25, -0.2) is 9.37 Å². The highest BCUT2D eigenvalue weighted by Gasteiger charge is 2.35. The predicted molar refractivity (Wildman–Crippen MR) is 106 cm³/mol. The zero-order chi connectivity index (χ0) is 19.7. The van der Waals surface area contributed by atoms with E-state index in [0.29, 0.717) is 24.8 Å². The van der Waals surface area contributed by atoms with E-state index in [9.17, 15) is 9.18 Å². The molecule has 0 spiro atoms. The molecule has 146 valence electrons. The molecule has 1 aliphatic heterocycles. The second-order valence-corrected chi connectivity index (χ2v) is 7.18. The van der Waals surface area contributed by atoms with Crippen LogP contribution in [-0.2, 0) is 11.8 Å². The lowest BCUT2D eigenvalue weighted by Crippen LogP contribution is -2.54. The summed E-state index contributed by atoms with van der Waals surface area (Å²) in [6.45, 7) is 3.25. The van der Waals surface area contributed by atoms with E-state index < -0.39 is 5.82 Å². The summed E-state index contributed by atoms with van der Waals surface area (Å²) in [4.78, 5) is 23.1. The van der Waals surface area contributed by atoms with Crippen LogP contribution in [0.3, 0.4) is 0 Å². The van der Waals surface area contributed by atoms with Crippen LogP contribution in [-0.4, -0.2) is 39.8 Å². The molecule has 4 rings (SSSR count). The lowest BCUT2D eigenvalue weighted by molar-refractivity contribution is -0.0102. The number of nitrogens with zero attached hydrogens (tertiary/aromatic N) is 4. The van der Waals surface area contributed by atoms with Crippen molar-refractivity contribution in [2.75, 3.05) is 18.1 Å². The number of rotatable bonds is 3. The van der Waals surface area contributed by atoms with E-state index in [2.05, 4.69) is 33.9 Å². The van der Waals surface area contributed by atoms with Gasteiger partial charge < -0.3 is 9.64 Å². The van der Waals surface area contributed by atoms with Crippen LogP contribution in [0, 0.1) is 11.7 Å². The summed E-state index contributed by atoms with van der Waals surface area (Å²) in [5.41, 5.74) is 0.354. The fourth-order valence-corrected chi connectivity index (χ4v) is 3.92. The molecule has 2 aromatic rings. The maximum atomic E-state index is 14.2. The van der Waals surface area contributed by atoms with Gasteiger partial charge >= 0.3 is 0 Å². The molecule has 0 saturated carbocycles. The van der Waals surface area contributed by atoms with Crippen LogP contribution in [0.1, 0.15) is 13.3 Å². The average molecular weight is 382 g/mol. The van der Waals surface area contributed by atoms with Crippen LogP contribution >= 0.6 is 0 Å². The van der Waals surface area contributed by atoms with E-state index in [0.717, 1.165) is 12.6 Å². The second-order valence-electron chi connectivity index (χ2n) is 7.18. The molecule has 0 radical (unpaired) electrons. The van der Waals surface area contributed by atoms with Crippen molar-refractivity contribution in [3.05, 3.63) is 65.0 Å². The molecule has 7 heteroatoms. The van der Waals surface area contributed by atoms with E-state index in [1.165, 1.54) is 22.9 Å². The zero-order valence-electron chi connectivity index (χ0n) is 16.0. The van der Waals surface area contributed by atoms with Crippen molar-refractivity contribution in [2.45, 2.75) is 25.5 Å². The number of hydrogen-bond acceptors (Lipinski definition) is 5. The van der Waals surface area contributed by atoms with Gasteiger partial charge in [0, 0.05) is 37.3 Å². The van der Waals surface area contributed by atoms with Gasteiger partial charge in [-0.1, -0.05) is 24.3 Å². The lowest BCUT2D eigenvalue weighted by Gasteiger charge is -2.43. The number of ether oxygens (including phenoxy) is 1. The summed E-state index contributed by atoms with van der Waals surface area (Å²) in [6, 6.07) is 2.91. The summed E-state index contributed by atoms with van der Waals surface area (Å²) < 4.78 is 21.8. The number of halogens is 1. The fourth-order valence-electron chi connectivity index (χ4n) is 3.92. The Morgan fingerprint density at radius 3 is 2.93 bits per heavy atom. The first kappa shape index (κ1) is 18.6. The van der Waals surface area contributed by atoms with Crippen LogP contribution in [0.15, 0.2) is 53.6 Å². The monoisotopic (exact) mass is 382 g/mol. The molecule has 1 aliphatic carbocycles.